The van der Waals surface area contributed by atoms with Gasteiger partial charge in [0, 0.05) is 6.04 Å². The van der Waals surface area contributed by atoms with Gasteiger partial charge in [-0.1, -0.05) is 13.8 Å². The van der Waals surface area contributed by atoms with Crippen molar-refractivity contribution in [3.63, 3.8) is 0 Å². The molecular formula is C19H35NO. The van der Waals surface area contributed by atoms with Crippen LogP contribution in [0.4, 0.5) is 0 Å². The third-order valence-electron chi connectivity index (χ3n) is 6.72. The maximum atomic E-state index is 10.0. The molecule has 3 fully saturated rings. The third-order valence-corrected chi connectivity index (χ3v) is 6.72. The molecule has 2 heteroatoms. The first kappa shape index (κ1) is 15.8. The predicted octanol–water partition coefficient (Wildman–Crippen LogP) is 3.98. The van der Waals surface area contributed by atoms with Crippen LogP contribution in [0.5, 0.6) is 0 Å². The maximum Gasteiger partial charge on any atom is 0.0545 e. The second-order valence-electron chi connectivity index (χ2n) is 8.58. The van der Waals surface area contributed by atoms with Crippen molar-refractivity contribution in [2.75, 3.05) is 6.54 Å². The van der Waals surface area contributed by atoms with Gasteiger partial charge in [-0.25, -0.2) is 0 Å². The molecule has 1 heterocycles. The lowest BCUT2D eigenvalue weighted by Gasteiger charge is -2.43. The van der Waals surface area contributed by atoms with Gasteiger partial charge >= 0.3 is 0 Å². The highest BCUT2D eigenvalue weighted by Gasteiger charge is 2.35. The molecule has 3 rings (SSSR count). The van der Waals surface area contributed by atoms with Crippen LogP contribution in [0, 0.1) is 29.6 Å². The Morgan fingerprint density at radius 1 is 1.10 bits per heavy atom. The summed E-state index contributed by atoms with van der Waals surface area (Å²) >= 11 is 0. The fourth-order valence-electron chi connectivity index (χ4n) is 5.65. The largest absolute Gasteiger partial charge is 0.393 e. The van der Waals surface area contributed by atoms with Crippen molar-refractivity contribution in [2.24, 2.45) is 29.6 Å². The van der Waals surface area contributed by atoms with Crippen molar-refractivity contribution in [3.8, 4) is 0 Å². The Hall–Kier alpha value is -0.0800. The van der Waals surface area contributed by atoms with Gasteiger partial charge in [0.15, 0.2) is 0 Å². The van der Waals surface area contributed by atoms with Crippen LogP contribution in [0.1, 0.15) is 71.6 Å². The van der Waals surface area contributed by atoms with Crippen LogP contribution in [-0.2, 0) is 0 Å². The summed E-state index contributed by atoms with van der Waals surface area (Å²) in [5.74, 6) is 4.24. The molecule has 0 aromatic carbocycles. The first-order valence-corrected chi connectivity index (χ1v) is 9.53. The molecule has 2 aliphatic carbocycles. The number of rotatable bonds is 3. The summed E-state index contributed by atoms with van der Waals surface area (Å²) in [4.78, 5) is 0. The standard InChI is InChI=1S/C19H35NO/c1-13-8-15(11-18(21)9-13)10-14(2)17-6-5-16-4-3-7-20-19(16)12-17/h13-21H,3-12H2,1-2H3. The first-order valence-electron chi connectivity index (χ1n) is 9.53. The van der Waals surface area contributed by atoms with Crippen LogP contribution in [0.15, 0.2) is 0 Å². The summed E-state index contributed by atoms with van der Waals surface area (Å²) in [6, 6.07) is 0.816. The number of hydrogen-bond donors (Lipinski definition) is 2. The molecule has 122 valence electrons. The molecule has 7 unspecified atom stereocenters. The van der Waals surface area contributed by atoms with Crippen LogP contribution in [0.2, 0.25) is 0 Å². The van der Waals surface area contributed by atoms with Gasteiger partial charge in [0.25, 0.3) is 0 Å². The highest BCUT2D eigenvalue weighted by atomic mass is 16.3. The van der Waals surface area contributed by atoms with Crippen molar-refractivity contribution >= 4 is 0 Å². The van der Waals surface area contributed by atoms with E-state index in [9.17, 15) is 5.11 Å². The van der Waals surface area contributed by atoms with E-state index in [0.29, 0.717) is 0 Å². The number of piperidine rings is 1. The van der Waals surface area contributed by atoms with E-state index < -0.39 is 0 Å². The van der Waals surface area contributed by atoms with E-state index >= 15 is 0 Å². The number of hydrogen-bond acceptors (Lipinski definition) is 2. The molecule has 0 aromatic heterocycles. The average Bonchev–Trinajstić information content (AvgIpc) is 2.45. The number of aliphatic hydroxyl groups excluding tert-OH is 1. The van der Waals surface area contributed by atoms with Crippen LogP contribution in [0.25, 0.3) is 0 Å². The Labute approximate surface area is 131 Å². The summed E-state index contributed by atoms with van der Waals surface area (Å²) in [6.07, 6.45) is 11.9. The predicted molar refractivity (Wildman–Crippen MR) is 88.1 cm³/mol. The fraction of sp³-hybridized carbons (Fsp3) is 1.00. The van der Waals surface area contributed by atoms with Gasteiger partial charge in [0.05, 0.1) is 6.10 Å². The van der Waals surface area contributed by atoms with Gasteiger partial charge < -0.3 is 10.4 Å². The minimum atomic E-state index is -0.0262. The molecule has 0 amide bonds. The van der Waals surface area contributed by atoms with Crippen LogP contribution in [0.3, 0.4) is 0 Å². The second kappa shape index (κ2) is 7.00. The summed E-state index contributed by atoms with van der Waals surface area (Å²) < 4.78 is 0. The molecule has 0 spiro atoms. The van der Waals surface area contributed by atoms with E-state index in [2.05, 4.69) is 19.2 Å². The van der Waals surface area contributed by atoms with Crippen molar-refractivity contribution in [1.29, 1.82) is 0 Å². The molecule has 2 nitrogen and oxygen atoms in total. The first-order chi connectivity index (χ1) is 10.1. The van der Waals surface area contributed by atoms with Gasteiger partial charge in [-0.2, -0.15) is 0 Å². The molecule has 3 aliphatic rings. The topological polar surface area (TPSA) is 32.3 Å². The van der Waals surface area contributed by atoms with Crippen molar-refractivity contribution in [3.05, 3.63) is 0 Å². The highest BCUT2D eigenvalue weighted by Crippen LogP contribution is 2.41. The lowest BCUT2D eigenvalue weighted by molar-refractivity contribution is 0.0568. The van der Waals surface area contributed by atoms with E-state index in [-0.39, 0.29) is 6.10 Å². The van der Waals surface area contributed by atoms with Crippen LogP contribution in [-0.4, -0.2) is 23.8 Å². The lowest BCUT2D eigenvalue weighted by Crippen LogP contribution is -2.46. The maximum absolute atomic E-state index is 10.0. The molecule has 7 atom stereocenters. The van der Waals surface area contributed by atoms with Crippen molar-refractivity contribution < 1.29 is 5.11 Å². The van der Waals surface area contributed by atoms with Gasteiger partial charge in [-0.15, -0.1) is 0 Å². The zero-order chi connectivity index (χ0) is 14.8. The van der Waals surface area contributed by atoms with E-state index in [1.54, 1.807) is 0 Å². The second-order valence-corrected chi connectivity index (χ2v) is 8.58. The Morgan fingerprint density at radius 3 is 2.76 bits per heavy atom. The van der Waals surface area contributed by atoms with Crippen molar-refractivity contribution in [1.82, 2.24) is 5.32 Å². The molecule has 2 N–H and O–H groups in total. The molecule has 0 radical (unpaired) electrons. The van der Waals surface area contributed by atoms with Crippen molar-refractivity contribution in [2.45, 2.75) is 83.8 Å². The van der Waals surface area contributed by atoms with E-state index in [1.807, 2.05) is 0 Å². The molecule has 1 saturated heterocycles. The Kier molecular flexibility index (Phi) is 5.27. The molecular weight excluding hydrogens is 258 g/mol. The Balaban J connectivity index is 1.50. The molecule has 2 saturated carbocycles. The summed E-state index contributed by atoms with van der Waals surface area (Å²) in [7, 11) is 0. The number of fused-ring (bicyclic) bond motifs is 1. The highest BCUT2D eigenvalue weighted by molar-refractivity contribution is 4.90. The van der Waals surface area contributed by atoms with E-state index in [4.69, 9.17) is 0 Å². The SMILES string of the molecule is CC1CC(O)CC(CC(C)C2CCC3CCCNC3C2)C1. The van der Waals surface area contributed by atoms with Crippen LogP contribution >= 0.6 is 0 Å². The zero-order valence-electron chi connectivity index (χ0n) is 14.1. The van der Waals surface area contributed by atoms with Gasteiger partial charge in [0.2, 0.25) is 0 Å². The molecule has 1 aliphatic heterocycles. The van der Waals surface area contributed by atoms with E-state index in [1.165, 1.54) is 51.5 Å². The van der Waals surface area contributed by atoms with E-state index in [0.717, 1.165) is 48.5 Å². The van der Waals surface area contributed by atoms with Crippen LogP contribution < -0.4 is 5.32 Å². The third kappa shape index (κ3) is 4.01. The quantitative estimate of drug-likeness (QED) is 0.825. The normalized spacial score (nSPS) is 45.9. The average molecular weight is 293 g/mol. The monoisotopic (exact) mass is 293 g/mol. The fourth-order valence-corrected chi connectivity index (χ4v) is 5.65. The Bertz CT molecular complexity index is 322. The number of aliphatic hydroxyl groups is 1. The number of nitrogens with one attached hydrogen (secondary N) is 1. The minimum Gasteiger partial charge on any atom is -0.393 e. The minimum absolute atomic E-state index is 0.0262. The van der Waals surface area contributed by atoms with Gasteiger partial charge in [-0.05, 0) is 93.9 Å². The van der Waals surface area contributed by atoms with Gasteiger partial charge in [-0.3, -0.25) is 0 Å². The molecule has 0 aromatic rings. The molecule has 21 heavy (non-hydrogen) atoms. The Morgan fingerprint density at radius 2 is 1.95 bits per heavy atom. The van der Waals surface area contributed by atoms with Gasteiger partial charge in [0.1, 0.15) is 0 Å². The molecule has 0 bridgehead atoms. The lowest BCUT2D eigenvalue weighted by atomic mass is 9.68. The summed E-state index contributed by atoms with van der Waals surface area (Å²) in [5, 5.41) is 13.8. The zero-order valence-corrected chi connectivity index (χ0v) is 14.1. The summed E-state index contributed by atoms with van der Waals surface area (Å²) in [6.45, 7) is 6.05. The summed E-state index contributed by atoms with van der Waals surface area (Å²) in [5.41, 5.74) is 0. The smallest absolute Gasteiger partial charge is 0.0545 e.